The number of nitrogens with one attached hydrogen (secondary N) is 1. The molecule has 0 radical (unpaired) electrons. The van der Waals surface area contributed by atoms with Gasteiger partial charge in [0.1, 0.15) is 5.75 Å². The summed E-state index contributed by atoms with van der Waals surface area (Å²) in [4.78, 5) is 0. The van der Waals surface area contributed by atoms with Gasteiger partial charge in [0.2, 0.25) is 0 Å². The molecule has 1 aromatic carbocycles. The number of phenols is 1. The Hall–Kier alpha value is -1.02. The van der Waals surface area contributed by atoms with Gasteiger partial charge in [0.15, 0.2) is 0 Å². The van der Waals surface area contributed by atoms with E-state index in [0.717, 1.165) is 12.3 Å². The summed E-state index contributed by atoms with van der Waals surface area (Å²) in [5, 5.41) is 12.8. The number of hydrogen-bond donors (Lipinski definition) is 2. The molecule has 0 aromatic heterocycles. The van der Waals surface area contributed by atoms with Crippen molar-refractivity contribution in [1.29, 1.82) is 0 Å². The highest BCUT2D eigenvalue weighted by molar-refractivity contribution is 5.26. The first-order valence-corrected chi connectivity index (χ1v) is 6.75. The Bertz CT molecular complexity index is 327. The van der Waals surface area contributed by atoms with Crippen LogP contribution in [0.4, 0.5) is 0 Å². The average Bonchev–Trinajstić information content (AvgIpc) is 2.39. The van der Waals surface area contributed by atoms with Crippen LogP contribution in [-0.4, -0.2) is 18.2 Å². The highest BCUT2D eigenvalue weighted by Gasteiger charge is 2.22. The van der Waals surface area contributed by atoms with Crippen molar-refractivity contribution in [2.24, 2.45) is 5.92 Å². The summed E-state index contributed by atoms with van der Waals surface area (Å²) < 4.78 is 0. The first kappa shape index (κ1) is 12.4. The van der Waals surface area contributed by atoms with Gasteiger partial charge in [0.05, 0.1) is 0 Å². The smallest absolute Gasteiger partial charge is 0.115 e. The van der Waals surface area contributed by atoms with Crippen molar-refractivity contribution in [3.8, 4) is 5.75 Å². The lowest BCUT2D eigenvalue weighted by Crippen LogP contribution is -2.36. The Morgan fingerprint density at radius 1 is 1.18 bits per heavy atom. The Morgan fingerprint density at radius 3 is 2.41 bits per heavy atom. The van der Waals surface area contributed by atoms with Gasteiger partial charge in [-0.2, -0.15) is 0 Å². The minimum absolute atomic E-state index is 0.354. The summed E-state index contributed by atoms with van der Waals surface area (Å²) in [7, 11) is 2.07. The zero-order valence-electron chi connectivity index (χ0n) is 10.7. The maximum atomic E-state index is 9.28. The molecule has 0 aliphatic heterocycles. The largest absolute Gasteiger partial charge is 0.508 e. The minimum atomic E-state index is 0.354. The van der Waals surface area contributed by atoms with Crippen LogP contribution in [0.3, 0.4) is 0 Å². The summed E-state index contributed by atoms with van der Waals surface area (Å²) in [6.07, 6.45) is 7.98. The minimum Gasteiger partial charge on any atom is -0.508 e. The average molecular weight is 233 g/mol. The number of hydrogen-bond acceptors (Lipinski definition) is 2. The molecule has 0 saturated heterocycles. The van der Waals surface area contributed by atoms with E-state index in [1.54, 1.807) is 12.1 Å². The van der Waals surface area contributed by atoms with Crippen molar-refractivity contribution >= 4 is 0 Å². The van der Waals surface area contributed by atoms with Crippen LogP contribution in [0.5, 0.6) is 5.75 Å². The Labute approximate surface area is 104 Å². The summed E-state index contributed by atoms with van der Waals surface area (Å²) in [6.45, 7) is 0. The van der Waals surface area contributed by atoms with E-state index in [1.807, 2.05) is 12.1 Å². The topological polar surface area (TPSA) is 32.3 Å². The maximum absolute atomic E-state index is 9.28. The normalized spacial score (nSPS) is 19.1. The zero-order valence-corrected chi connectivity index (χ0v) is 10.7. The Kier molecular flexibility index (Phi) is 4.43. The molecule has 2 heteroatoms. The Morgan fingerprint density at radius 2 is 1.82 bits per heavy atom. The molecule has 0 bridgehead atoms. The van der Waals surface area contributed by atoms with Crippen LogP contribution in [-0.2, 0) is 6.42 Å². The summed E-state index contributed by atoms with van der Waals surface area (Å²) in [6, 6.07) is 8.21. The molecular formula is C15H23NO. The third-order valence-electron chi connectivity index (χ3n) is 3.98. The van der Waals surface area contributed by atoms with E-state index in [9.17, 15) is 5.11 Å². The zero-order chi connectivity index (χ0) is 12.1. The summed E-state index contributed by atoms with van der Waals surface area (Å²) in [5.74, 6) is 1.18. The molecule has 0 heterocycles. The van der Waals surface area contributed by atoms with Crippen LogP contribution in [0.2, 0.25) is 0 Å². The molecule has 2 rings (SSSR count). The lowest BCUT2D eigenvalue weighted by Gasteiger charge is -2.30. The first-order chi connectivity index (χ1) is 8.29. The van der Waals surface area contributed by atoms with E-state index in [-0.39, 0.29) is 0 Å². The molecule has 0 spiro atoms. The van der Waals surface area contributed by atoms with Crippen LogP contribution in [0, 0.1) is 5.92 Å². The van der Waals surface area contributed by atoms with Gasteiger partial charge >= 0.3 is 0 Å². The number of phenolic OH excluding ortho intramolecular Hbond substituents is 1. The third kappa shape index (κ3) is 3.47. The van der Waals surface area contributed by atoms with Gasteiger partial charge in [0, 0.05) is 6.04 Å². The molecule has 1 fully saturated rings. The fourth-order valence-electron chi connectivity index (χ4n) is 2.93. The van der Waals surface area contributed by atoms with Crippen LogP contribution < -0.4 is 5.32 Å². The predicted octanol–water partition coefficient (Wildman–Crippen LogP) is 3.10. The predicted molar refractivity (Wildman–Crippen MR) is 71.2 cm³/mol. The van der Waals surface area contributed by atoms with E-state index in [2.05, 4.69) is 12.4 Å². The first-order valence-electron chi connectivity index (χ1n) is 6.75. The van der Waals surface area contributed by atoms with Crippen molar-refractivity contribution in [3.05, 3.63) is 29.8 Å². The van der Waals surface area contributed by atoms with E-state index < -0.39 is 0 Å². The van der Waals surface area contributed by atoms with Crippen molar-refractivity contribution in [3.63, 3.8) is 0 Å². The van der Waals surface area contributed by atoms with E-state index in [4.69, 9.17) is 0 Å². The molecule has 2 N–H and O–H groups in total. The van der Waals surface area contributed by atoms with Crippen molar-refractivity contribution < 1.29 is 5.11 Å². The van der Waals surface area contributed by atoms with Crippen molar-refractivity contribution in [2.75, 3.05) is 7.05 Å². The molecule has 94 valence electrons. The van der Waals surface area contributed by atoms with E-state index in [0.29, 0.717) is 11.8 Å². The van der Waals surface area contributed by atoms with Gasteiger partial charge in [-0.1, -0.05) is 31.4 Å². The molecule has 2 nitrogen and oxygen atoms in total. The number of likely N-dealkylation sites (N-methyl/N-ethyl adjacent to an activating group) is 1. The summed E-state index contributed by atoms with van der Waals surface area (Å²) >= 11 is 0. The number of benzene rings is 1. The van der Waals surface area contributed by atoms with Crippen LogP contribution in [0.25, 0.3) is 0 Å². The van der Waals surface area contributed by atoms with Gasteiger partial charge < -0.3 is 10.4 Å². The van der Waals surface area contributed by atoms with Crippen LogP contribution >= 0.6 is 0 Å². The highest BCUT2D eigenvalue weighted by atomic mass is 16.3. The molecule has 0 amide bonds. The van der Waals surface area contributed by atoms with Crippen LogP contribution in [0.15, 0.2) is 24.3 Å². The number of aromatic hydroxyl groups is 1. The molecule has 1 atom stereocenters. The molecular weight excluding hydrogens is 210 g/mol. The third-order valence-corrected chi connectivity index (χ3v) is 3.98. The highest BCUT2D eigenvalue weighted by Crippen LogP contribution is 2.28. The van der Waals surface area contributed by atoms with E-state index >= 15 is 0 Å². The van der Waals surface area contributed by atoms with E-state index in [1.165, 1.54) is 37.7 Å². The fourth-order valence-corrected chi connectivity index (χ4v) is 2.93. The Balaban J connectivity index is 1.96. The monoisotopic (exact) mass is 233 g/mol. The lowest BCUT2D eigenvalue weighted by atomic mass is 9.81. The second kappa shape index (κ2) is 6.06. The van der Waals surface area contributed by atoms with Gasteiger partial charge in [-0.05, 0) is 49.9 Å². The molecule has 1 saturated carbocycles. The quantitative estimate of drug-likeness (QED) is 0.837. The van der Waals surface area contributed by atoms with Gasteiger partial charge in [-0.25, -0.2) is 0 Å². The number of rotatable bonds is 4. The van der Waals surface area contributed by atoms with Crippen molar-refractivity contribution in [2.45, 2.75) is 44.6 Å². The SMILES string of the molecule is CNC(Cc1ccc(O)cc1)C1CCCCC1. The molecule has 1 aliphatic carbocycles. The lowest BCUT2D eigenvalue weighted by molar-refractivity contribution is 0.276. The van der Waals surface area contributed by atoms with Gasteiger partial charge in [-0.3, -0.25) is 0 Å². The van der Waals surface area contributed by atoms with Crippen LogP contribution in [0.1, 0.15) is 37.7 Å². The second-order valence-electron chi connectivity index (χ2n) is 5.16. The van der Waals surface area contributed by atoms with Gasteiger partial charge in [-0.15, -0.1) is 0 Å². The molecule has 1 unspecified atom stereocenters. The maximum Gasteiger partial charge on any atom is 0.115 e. The molecule has 1 aromatic rings. The van der Waals surface area contributed by atoms with Crippen molar-refractivity contribution in [1.82, 2.24) is 5.32 Å². The summed E-state index contributed by atoms with van der Waals surface area (Å²) in [5.41, 5.74) is 1.31. The standard InChI is InChI=1S/C15H23NO/c1-16-15(13-5-3-2-4-6-13)11-12-7-9-14(17)10-8-12/h7-10,13,15-17H,2-6,11H2,1H3. The molecule has 1 aliphatic rings. The van der Waals surface area contributed by atoms with Gasteiger partial charge in [0.25, 0.3) is 0 Å². The second-order valence-corrected chi connectivity index (χ2v) is 5.16. The molecule has 17 heavy (non-hydrogen) atoms. The fraction of sp³-hybridized carbons (Fsp3) is 0.600.